The molecule has 1 aromatic heterocycles. The topological polar surface area (TPSA) is 102 Å². The molecule has 10 heteroatoms. The number of hydrogen-bond donors (Lipinski definition) is 1. The number of aryl methyl sites for hydroxylation is 1. The van der Waals surface area contributed by atoms with Crippen LogP contribution in [0.1, 0.15) is 61.1 Å². The van der Waals surface area contributed by atoms with Gasteiger partial charge in [-0.3, -0.25) is 14.5 Å². The first-order valence-corrected chi connectivity index (χ1v) is 16.8. The summed E-state index contributed by atoms with van der Waals surface area (Å²) in [4.78, 5) is 28.8. The highest BCUT2D eigenvalue weighted by Crippen LogP contribution is 2.45. The molecule has 3 aromatic carbocycles. The van der Waals surface area contributed by atoms with E-state index in [1.807, 2.05) is 44.2 Å². The van der Waals surface area contributed by atoms with Crippen LogP contribution in [0.2, 0.25) is 0 Å². The van der Waals surface area contributed by atoms with Gasteiger partial charge in [0.05, 0.1) is 18.2 Å². The van der Waals surface area contributed by atoms with Crippen LogP contribution < -0.4 is 14.4 Å². The van der Waals surface area contributed by atoms with Gasteiger partial charge in [0.2, 0.25) is 5.13 Å². The second kappa shape index (κ2) is 13.1. The van der Waals surface area contributed by atoms with E-state index in [1.54, 1.807) is 12.1 Å². The molecule has 2 atom stereocenters. The molecule has 232 valence electrons. The predicted molar refractivity (Wildman–Crippen MR) is 177 cm³/mol. The van der Waals surface area contributed by atoms with Gasteiger partial charge >= 0.3 is 5.91 Å². The zero-order chi connectivity index (χ0) is 31.7. The number of rotatable bonds is 10. The van der Waals surface area contributed by atoms with Crippen molar-refractivity contribution >= 4 is 45.7 Å². The molecule has 1 fully saturated rings. The van der Waals surface area contributed by atoms with Crippen molar-refractivity contribution < 1.29 is 24.2 Å². The average molecular weight is 642 g/mol. The fourth-order valence-corrected chi connectivity index (χ4v) is 7.27. The van der Waals surface area contributed by atoms with Crippen LogP contribution in [-0.2, 0) is 21.8 Å². The Morgan fingerprint density at radius 1 is 1.11 bits per heavy atom. The molecule has 2 aliphatic heterocycles. The molecule has 0 unspecified atom stereocenters. The van der Waals surface area contributed by atoms with Crippen LogP contribution in [0.25, 0.3) is 5.76 Å². The number of aromatic nitrogens is 2. The first kappa shape index (κ1) is 30.9. The maximum absolute atomic E-state index is 13.7. The molecule has 1 amide bonds. The van der Waals surface area contributed by atoms with E-state index < -0.39 is 17.7 Å². The maximum Gasteiger partial charge on any atom is 0.301 e. The van der Waals surface area contributed by atoms with E-state index >= 15 is 0 Å². The number of benzene rings is 3. The molecule has 1 saturated heterocycles. The van der Waals surface area contributed by atoms with Crippen molar-refractivity contribution in [3.63, 3.8) is 0 Å². The minimum absolute atomic E-state index is 0.00435. The molecule has 45 heavy (non-hydrogen) atoms. The average Bonchev–Trinajstić information content (AvgIpc) is 3.71. The standard InChI is InChI=1S/C35H35N3O5S2/c1-20(2)14-15-42-27-7-5-6-24(18-27)30-29(31(39)25-12-13-28-26(17-25)16-22(4)43-28)32(40)33(41)38(30)34-36-37-35(45-34)44-19-23-10-8-21(3)9-11-23/h5-13,17-18,20,22,30,39H,14-16,19H2,1-4H3/t22-,30-/m1/s1. The summed E-state index contributed by atoms with van der Waals surface area (Å²) in [5.74, 6) is 0.757. The Hall–Kier alpha value is -4.15. The molecular weight excluding hydrogens is 607 g/mol. The van der Waals surface area contributed by atoms with Crippen LogP contribution in [-0.4, -0.2) is 39.7 Å². The molecule has 6 rings (SSSR count). The summed E-state index contributed by atoms with van der Waals surface area (Å²) in [5.41, 5.74) is 4.35. The lowest BCUT2D eigenvalue weighted by atomic mass is 9.94. The smallest absolute Gasteiger partial charge is 0.301 e. The minimum Gasteiger partial charge on any atom is -0.507 e. The number of nitrogens with zero attached hydrogens (tertiary/aromatic N) is 3. The van der Waals surface area contributed by atoms with Gasteiger partial charge in [-0.1, -0.05) is 78.9 Å². The highest BCUT2D eigenvalue weighted by molar-refractivity contribution is 8.00. The van der Waals surface area contributed by atoms with Crippen molar-refractivity contribution in [3.8, 4) is 11.5 Å². The molecular formula is C35H35N3O5S2. The van der Waals surface area contributed by atoms with Crippen molar-refractivity contribution in [3.05, 3.63) is 100 Å². The van der Waals surface area contributed by atoms with Crippen molar-refractivity contribution in [2.45, 2.75) is 62.8 Å². The van der Waals surface area contributed by atoms with Gasteiger partial charge in [0.15, 0.2) is 4.34 Å². The van der Waals surface area contributed by atoms with Crippen LogP contribution >= 0.6 is 23.1 Å². The number of ether oxygens (including phenoxy) is 2. The van der Waals surface area contributed by atoms with E-state index in [4.69, 9.17) is 9.47 Å². The fourth-order valence-electron chi connectivity index (χ4n) is 5.44. The van der Waals surface area contributed by atoms with Crippen molar-refractivity contribution in [2.24, 2.45) is 5.92 Å². The summed E-state index contributed by atoms with van der Waals surface area (Å²) in [5, 5.41) is 20.7. The van der Waals surface area contributed by atoms with Crippen LogP contribution in [0, 0.1) is 12.8 Å². The summed E-state index contributed by atoms with van der Waals surface area (Å²) < 4.78 is 12.5. The lowest BCUT2D eigenvalue weighted by Crippen LogP contribution is -2.29. The molecule has 0 bridgehead atoms. The van der Waals surface area contributed by atoms with E-state index in [9.17, 15) is 14.7 Å². The third-order valence-corrected chi connectivity index (χ3v) is 9.96. The van der Waals surface area contributed by atoms with E-state index in [0.29, 0.717) is 45.9 Å². The number of hydrogen-bond acceptors (Lipinski definition) is 9. The van der Waals surface area contributed by atoms with Crippen LogP contribution in [0.3, 0.4) is 0 Å². The Morgan fingerprint density at radius 3 is 2.69 bits per heavy atom. The lowest BCUT2D eigenvalue weighted by molar-refractivity contribution is -0.132. The van der Waals surface area contributed by atoms with Crippen LogP contribution in [0.4, 0.5) is 5.13 Å². The van der Waals surface area contributed by atoms with E-state index in [1.165, 1.54) is 33.6 Å². The number of amides is 1. The molecule has 2 aliphatic rings. The first-order chi connectivity index (χ1) is 21.7. The summed E-state index contributed by atoms with van der Waals surface area (Å²) in [6, 6.07) is 20.0. The summed E-state index contributed by atoms with van der Waals surface area (Å²) in [6.07, 6.45) is 1.60. The van der Waals surface area contributed by atoms with Gasteiger partial charge in [-0.15, -0.1) is 10.2 Å². The Morgan fingerprint density at radius 2 is 1.91 bits per heavy atom. The lowest BCUT2D eigenvalue weighted by Gasteiger charge is -2.23. The number of ketones is 1. The molecule has 1 N–H and O–H groups in total. The third-order valence-electron chi connectivity index (χ3n) is 7.84. The van der Waals surface area contributed by atoms with Gasteiger partial charge in [-0.25, -0.2) is 0 Å². The monoisotopic (exact) mass is 641 g/mol. The largest absolute Gasteiger partial charge is 0.507 e. The van der Waals surface area contributed by atoms with Gasteiger partial charge in [-0.2, -0.15) is 0 Å². The van der Waals surface area contributed by atoms with Gasteiger partial charge in [0, 0.05) is 17.7 Å². The quantitative estimate of drug-likeness (QED) is 0.0624. The number of carbonyl (C=O) groups is 2. The Labute approximate surface area is 271 Å². The van der Waals surface area contributed by atoms with Crippen LogP contribution in [0.15, 0.2) is 76.6 Å². The summed E-state index contributed by atoms with van der Waals surface area (Å²) in [7, 11) is 0. The van der Waals surface area contributed by atoms with E-state index in [2.05, 4.69) is 48.3 Å². The zero-order valence-corrected chi connectivity index (χ0v) is 27.3. The number of Topliss-reactive ketones (excluding diaryl/α,β-unsaturated/α-hetero) is 1. The SMILES string of the molecule is Cc1ccc(CSc2nnc(N3C(=O)C(=O)C(=C(O)c4ccc5c(c4)C[C@@H](C)O5)[C@H]3c3cccc(OCCC(C)C)c3)s2)cc1. The van der Waals surface area contributed by atoms with Gasteiger partial charge in [0.25, 0.3) is 5.78 Å². The summed E-state index contributed by atoms with van der Waals surface area (Å²) >= 11 is 2.76. The Balaban J connectivity index is 1.37. The number of carbonyl (C=O) groups excluding carboxylic acids is 2. The molecule has 0 aliphatic carbocycles. The highest BCUT2D eigenvalue weighted by Gasteiger charge is 2.48. The van der Waals surface area contributed by atoms with Crippen molar-refractivity contribution in [2.75, 3.05) is 11.5 Å². The third kappa shape index (κ3) is 6.62. The Kier molecular flexibility index (Phi) is 8.96. The van der Waals surface area contributed by atoms with Gasteiger partial charge < -0.3 is 14.6 Å². The van der Waals surface area contributed by atoms with Crippen LogP contribution in [0.5, 0.6) is 11.5 Å². The molecule has 3 heterocycles. The van der Waals surface area contributed by atoms with Crippen molar-refractivity contribution in [1.82, 2.24) is 10.2 Å². The molecule has 0 radical (unpaired) electrons. The molecule has 4 aromatic rings. The molecule has 0 saturated carbocycles. The zero-order valence-electron chi connectivity index (χ0n) is 25.6. The first-order valence-electron chi connectivity index (χ1n) is 15.0. The summed E-state index contributed by atoms with van der Waals surface area (Å²) in [6.45, 7) is 8.83. The predicted octanol–water partition coefficient (Wildman–Crippen LogP) is 7.51. The van der Waals surface area contributed by atoms with Gasteiger partial charge in [0.1, 0.15) is 23.4 Å². The number of aliphatic hydroxyl groups is 1. The number of aliphatic hydroxyl groups excluding tert-OH is 1. The number of anilines is 1. The number of thioether (sulfide) groups is 1. The Bertz CT molecular complexity index is 1770. The second-order valence-electron chi connectivity index (χ2n) is 11.9. The van der Waals surface area contributed by atoms with Gasteiger partial charge in [-0.05, 0) is 73.2 Å². The number of fused-ring (bicyclic) bond motifs is 1. The molecule has 8 nitrogen and oxygen atoms in total. The maximum atomic E-state index is 13.7. The minimum atomic E-state index is -0.926. The normalized spacial score (nSPS) is 18.8. The molecule has 0 spiro atoms. The van der Waals surface area contributed by atoms with E-state index in [-0.39, 0.29) is 22.6 Å². The second-order valence-corrected chi connectivity index (χ2v) is 14.0. The van der Waals surface area contributed by atoms with Crippen molar-refractivity contribution in [1.29, 1.82) is 0 Å². The van der Waals surface area contributed by atoms with E-state index in [0.717, 1.165) is 23.3 Å². The fraction of sp³-hybridized carbons (Fsp3) is 0.314. The highest BCUT2D eigenvalue weighted by atomic mass is 32.2.